The highest BCUT2D eigenvalue weighted by molar-refractivity contribution is 6.12. The second kappa shape index (κ2) is 11.5. The van der Waals surface area contributed by atoms with Gasteiger partial charge in [-0.15, -0.1) is 0 Å². The molecule has 8 aromatic carbocycles. The predicted octanol–water partition coefficient (Wildman–Crippen LogP) is 12.9. The lowest BCUT2D eigenvalue weighted by Crippen LogP contribution is -1.94. The van der Waals surface area contributed by atoms with Crippen LogP contribution in [-0.4, -0.2) is 9.13 Å². The van der Waals surface area contributed by atoms with Gasteiger partial charge in [0.25, 0.3) is 0 Å². The molecular formula is C48H32N2. The minimum atomic E-state index is -0.664. The predicted molar refractivity (Wildman–Crippen MR) is 211 cm³/mol. The number of hydrogen-bond acceptors (Lipinski definition) is 0. The van der Waals surface area contributed by atoms with E-state index < -0.39 is 120 Å². The third kappa shape index (κ3) is 4.57. The smallest absolute Gasteiger partial charge is 0.0651 e. The van der Waals surface area contributed by atoms with E-state index in [1.165, 1.54) is 0 Å². The van der Waals surface area contributed by atoms with Gasteiger partial charge in [0, 0.05) is 32.9 Å². The molecule has 0 saturated heterocycles. The van der Waals surface area contributed by atoms with Crippen molar-refractivity contribution in [1.29, 1.82) is 0 Å². The van der Waals surface area contributed by atoms with Crippen LogP contribution in [0.4, 0.5) is 0 Å². The maximum absolute atomic E-state index is 9.44. The second-order valence-electron chi connectivity index (χ2n) is 11.6. The molecule has 0 radical (unpaired) electrons. The molecule has 234 valence electrons. The average Bonchev–Trinajstić information content (AvgIpc) is 3.84. The number of hydrogen-bond donors (Lipinski definition) is 0. The normalized spacial score (nSPS) is 16.6. The summed E-state index contributed by atoms with van der Waals surface area (Å²) in [6.45, 7) is 0. The second-order valence-corrected chi connectivity index (χ2v) is 11.6. The summed E-state index contributed by atoms with van der Waals surface area (Å²) in [5.74, 6) is 0. The molecule has 0 amide bonds. The Bertz CT molecular complexity index is 3600. The monoisotopic (exact) mass is 654 g/mol. The first kappa shape index (κ1) is 15.7. The van der Waals surface area contributed by atoms with Crippen LogP contribution in [0.15, 0.2) is 194 Å². The molecule has 0 spiro atoms. The molecule has 0 saturated carbocycles. The van der Waals surface area contributed by atoms with Crippen molar-refractivity contribution in [1.82, 2.24) is 9.13 Å². The van der Waals surface area contributed by atoms with Crippen LogP contribution in [0.2, 0.25) is 0 Å². The van der Waals surface area contributed by atoms with Gasteiger partial charge in [-0.3, -0.25) is 0 Å². The topological polar surface area (TPSA) is 9.86 Å². The highest BCUT2D eigenvalue weighted by atomic mass is 15.0. The van der Waals surface area contributed by atoms with Crippen molar-refractivity contribution < 1.29 is 24.7 Å². The Hall–Kier alpha value is -6.64. The Morgan fingerprint density at radius 3 is 1.18 bits per heavy atom. The molecule has 0 aliphatic rings. The average molecular weight is 655 g/mol. The summed E-state index contributed by atoms with van der Waals surface area (Å²) >= 11 is 0. The van der Waals surface area contributed by atoms with Crippen molar-refractivity contribution >= 4 is 43.6 Å². The van der Waals surface area contributed by atoms with Crippen molar-refractivity contribution in [3.8, 4) is 44.8 Å². The lowest BCUT2D eigenvalue weighted by Gasteiger charge is -2.11. The van der Waals surface area contributed by atoms with E-state index in [0.717, 1.165) is 11.1 Å². The van der Waals surface area contributed by atoms with Crippen LogP contribution in [0.1, 0.15) is 24.7 Å². The van der Waals surface area contributed by atoms with E-state index in [1.807, 2.05) is 48.5 Å². The van der Waals surface area contributed by atoms with Crippen LogP contribution in [-0.2, 0) is 0 Å². The number of benzene rings is 8. The van der Waals surface area contributed by atoms with Crippen LogP contribution < -0.4 is 0 Å². The first-order valence-electron chi connectivity index (χ1n) is 24.7. The van der Waals surface area contributed by atoms with Gasteiger partial charge >= 0.3 is 0 Å². The van der Waals surface area contributed by atoms with Crippen molar-refractivity contribution in [2.24, 2.45) is 0 Å². The van der Waals surface area contributed by atoms with Gasteiger partial charge in [0.2, 0.25) is 0 Å². The van der Waals surface area contributed by atoms with Crippen molar-refractivity contribution in [2.75, 3.05) is 0 Å². The number of para-hydroxylation sites is 2. The molecule has 2 heteroatoms. The molecular weight excluding hydrogens is 605 g/mol. The van der Waals surface area contributed by atoms with Crippen molar-refractivity contribution in [2.45, 2.75) is 0 Å². The zero-order valence-electron chi connectivity index (χ0n) is 44.0. The summed E-state index contributed by atoms with van der Waals surface area (Å²) in [4.78, 5) is 0. The van der Waals surface area contributed by atoms with Crippen LogP contribution >= 0.6 is 0 Å². The van der Waals surface area contributed by atoms with Crippen LogP contribution in [0.5, 0.6) is 0 Å². The zero-order valence-corrected chi connectivity index (χ0v) is 26.0. The van der Waals surface area contributed by atoms with Gasteiger partial charge in [-0.2, -0.15) is 0 Å². The highest BCUT2D eigenvalue weighted by Gasteiger charge is 2.16. The Labute approximate surface area is 316 Å². The van der Waals surface area contributed by atoms with E-state index >= 15 is 0 Å². The molecule has 10 aromatic rings. The van der Waals surface area contributed by atoms with E-state index in [1.54, 1.807) is 45.5 Å². The van der Waals surface area contributed by atoms with E-state index in [0.29, 0.717) is 43.6 Å². The number of rotatable bonds is 5. The Kier molecular flexibility index (Phi) is 3.62. The molecule has 0 atom stereocenters. The standard InChI is InChI=1S/C48H32N2/c1-3-13-33(14-4-1)35-17-11-19-39(29-35)49-45-23-9-7-21-41(45)43-31-37(25-27-47(43)49)38-26-28-48-44(32-38)42-22-8-10-24-46(42)50(48)40-20-12-18-36(30-40)34-15-5-2-6-16-34/h1-32H/i1D,2D,3D,4D,5D,6D,11D,12D,13D,14D,15D,16D,17D,18D,19D,20D,29D,30D. The van der Waals surface area contributed by atoms with Crippen LogP contribution in [0, 0.1) is 0 Å². The fraction of sp³-hybridized carbons (Fsp3) is 0. The Morgan fingerprint density at radius 1 is 0.320 bits per heavy atom. The third-order valence-electron chi connectivity index (χ3n) is 8.85. The zero-order chi connectivity index (χ0) is 48.7. The summed E-state index contributed by atoms with van der Waals surface area (Å²) < 4.78 is 159. The van der Waals surface area contributed by atoms with Gasteiger partial charge in [-0.05, 0) is 93.9 Å². The first-order valence-corrected chi connectivity index (χ1v) is 15.7. The van der Waals surface area contributed by atoms with Crippen molar-refractivity contribution in [3.63, 3.8) is 0 Å². The largest absolute Gasteiger partial charge is 0.309 e. The van der Waals surface area contributed by atoms with E-state index in [9.17, 15) is 2.74 Å². The molecule has 0 fully saturated rings. The van der Waals surface area contributed by atoms with Crippen molar-refractivity contribution in [3.05, 3.63) is 194 Å². The molecule has 0 aliphatic carbocycles. The first-order chi connectivity index (χ1) is 32.3. The SMILES string of the molecule is [2H]c1c([2H])c([2H])c(-c2c([2H])c([2H])c([2H])c(-n3c4ccccc4c4cc(-c5ccc6c(c5)c5ccccc5n6-c5c([2H])c([2H])c([2H])c(-c6c([2H])c([2H])c([2H])c([2H])c6[2H])c5[2H])ccc43)c2[2H])c([2H])c1[2H]. The number of fused-ring (bicyclic) bond motifs is 6. The van der Waals surface area contributed by atoms with Gasteiger partial charge < -0.3 is 9.13 Å². The minimum absolute atomic E-state index is 0.118. The maximum Gasteiger partial charge on any atom is 0.0651 e. The lowest BCUT2D eigenvalue weighted by atomic mass is 10.0. The fourth-order valence-electron chi connectivity index (χ4n) is 6.68. The fourth-order valence-corrected chi connectivity index (χ4v) is 6.68. The molecule has 2 aromatic heterocycles. The highest BCUT2D eigenvalue weighted by Crippen LogP contribution is 2.39. The van der Waals surface area contributed by atoms with E-state index in [-0.39, 0.29) is 22.5 Å². The van der Waals surface area contributed by atoms with Gasteiger partial charge in [0.05, 0.1) is 46.7 Å². The van der Waals surface area contributed by atoms with Crippen LogP contribution in [0.3, 0.4) is 0 Å². The quantitative estimate of drug-likeness (QED) is 0.175. The van der Waals surface area contributed by atoms with Crippen LogP contribution in [0.25, 0.3) is 88.4 Å². The van der Waals surface area contributed by atoms with Gasteiger partial charge in [0.1, 0.15) is 0 Å². The third-order valence-corrected chi connectivity index (χ3v) is 8.85. The van der Waals surface area contributed by atoms with Gasteiger partial charge in [0.15, 0.2) is 0 Å². The lowest BCUT2D eigenvalue weighted by molar-refractivity contribution is 1.18. The Morgan fingerprint density at radius 2 is 0.720 bits per heavy atom. The summed E-state index contributed by atoms with van der Waals surface area (Å²) in [6, 6.07) is 14.7. The van der Waals surface area contributed by atoms with E-state index in [2.05, 4.69) is 0 Å². The maximum atomic E-state index is 9.44. The molecule has 2 heterocycles. The van der Waals surface area contributed by atoms with Gasteiger partial charge in [-0.25, -0.2) is 0 Å². The summed E-state index contributed by atoms with van der Waals surface area (Å²) in [7, 11) is 0. The molecule has 0 unspecified atom stereocenters. The number of aromatic nitrogens is 2. The molecule has 50 heavy (non-hydrogen) atoms. The summed E-state index contributed by atoms with van der Waals surface area (Å²) in [6.07, 6.45) is 0. The van der Waals surface area contributed by atoms with E-state index in [4.69, 9.17) is 21.9 Å². The molecule has 0 bridgehead atoms. The van der Waals surface area contributed by atoms with Gasteiger partial charge in [-0.1, -0.05) is 133 Å². The summed E-state index contributed by atoms with van der Waals surface area (Å²) in [5.41, 5.74) is 1.77. The molecule has 10 rings (SSSR count). The Balaban J connectivity index is 1.19. The number of nitrogens with zero attached hydrogens (tertiary/aromatic N) is 2. The molecule has 2 nitrogen and oxygen atoms in total. The summed E-state index contributed by atoms with van der Waals surface area (Å²) in [5, 5.41) is 2.77. The molecule has 0 N–H and O–H groups in total. The minimum Gasteiger partial charge on any atom is -0.309 e. The molecule has 0 aliphatic heterocycles.